The number of hydrogen-bond donors (Lipinski definition) is 2. The van der Waals surface area contributed by atoms with Crippen molar-refractivity contribution in [3.63, 3.8) is 0 Å². The number of unbranched alkanes of at least 4 members (excludes halogenated alkanes) is 1. The molecule has 0 atom stereocenters. The summed E-state index contributed by atoms with van der Waals surface area (Å²) >= 11 is 0. The fourth-order valence-electron chi connectivity index (χ4n) is 1.22. The summed E-state index contributed by atoms with van der Waals surface area (Å²) < 4.78 is 0. The minimum Gasteiger partial charge on any atom is -0.277 e. The first-order chi connectivity index (χ1) is 6.15. The molecule has 14 heavy (non-hydrogen) atoms. The normalized spacial score (nSPS) is 17.1. The molecule has 1 aliphatic heterocycles. The summed E-state index contributed by atoms with van der Waals surface area (Å²) in [5, 5.41) is 4.12. The average Bonchev–Trinajstić information content (AvgIpc) is 2.02. The second-order valence-electron chi connectivity index (χ2n) is 3.00. The molecule has 1 rings (SSSR count). The van der Waals surface area contributed by atoms with Crippen molar-refractivity contribution in [1.82, 2.24) is 10.6 Å². The molecular formula is C8H12CaN2O3. The molecule has 2 N–H and O–H groups in total. The number of rotatable bonds is 3. The van der Waals surface area contributed by atoms with E-state index in [0.717, 1.165) is 12.8 Å². The van der Waals surface area contributed by atoms with E-state index < -0.39 is 23.8 Å². The van der Waals surface area contributed by atoms with Crippen molar-refractivity contribution in [3.8, 4) is 0 Å². The van der Waals surface area contributed by atoms with Crippen molar-refractivity contribution in [2.24, 2.45) is 5.92 Å². The standard InChI is InChI=1S/C8H12N2O3.Ca/c1-2-3-4-5-6(11)9-8(13)10-7(5)12;/h5H,2-4H2,1H3,(H2,9,10,11,12,13);. The average molecular weight is 224 g/mol. The van der Waals surface area contributed by atoms with Gasteiger partial charge in [0.2, 0.25) is 11.8 Å². The largest absolute Gasteiger partial charge is 0.328 e. The van der Waals surface area contributed by atoms with Crippen molar-refractivity contribution in [3.05, 3.63) is 0 Å². The van der Waals surface area contributed by atoms with Gasteiger partial charge in [0.15, 0.2) is 0 Å². The van der Waals surface area contributed by atoms with Gasteiger partial charge in [0, 0.05) is 37.7 Å². The summed E-state index contributed by atoms with van der Waals surface area (Å²) in [5.74, 6) is -1.66. The summed E-state index contributed by atoms with van der Waals surface area (Å²) in [5.41, 5.74) is 0. The molecule has 2 radical (unpaired) electrons. The zero-order valence-corrected chi connectivity index (χ0v) is 10.3. The maximum Gasteiger partial charge on any atom is 0.328 e. The van der Waals surface area contributed by atoms with Gasteiger partial charge in [-0.05, 0) is 6.42 Å². The van der Waals surface area contributed by atoms with E-state index in [-0.39, 0.29) is 37.7 Å². The minimum atomic E-state index is -0.720. The third-order valence-corrected chi connectivity index (χ3v) is 1.95. The molecular weight excluding hydrogens is 212 g/mol. The Morgan fingerprint density at radius 1 is 1.14 bits per heavy atom. The molecule has 5 nitrogen and oxygen atoms in total. The van der Waals surface area contributed by atoms with Crippen molar-refractivity contribution in [2.75, 3.05) is 0 Å². The summed E-state index contributed by atoms with van der Waals surface area (Å²) in [7, 11) is 0. The molecule has 0 aromatic carbocycles. The van der Waals surface area contributed by atoms with Gasteiger partial charge in [-0.1, -0.05) is 19.8 Å². The van der Waals surface area contributed by atoms with Crippen molar-refractivity contribution >= 4 is 55.6 Å². The summed E-state index contributed by atoms with van der Waals surface area (Å²) in [6.07, 6.45) is 2.23. The molecule has 1 fully saturated rings. The molecule has 1 heterocycles. The van der Waals surface area contributed by atoms with Crippen LogP contribution in [0.1, 0.15) is 26.2 Å². The summed E-state index contributed by atoms with van der Waals surface area (Å²) in [6.45, 7) is 1.98. The number of nitrogens with one attached hydrogen (secondary N) is 2. The van der Waals surface area contributed by atoms with Gasteiger partial charge in [-0.15, -0.1) is 0 Å². The second-order valence-corrected chi connectivity index (χ2v) is 3.00. The third-order valence-electron chi connectivity index (χ3n) is 1.95. The van der Waals surface area contributed by atoms with Crippen LogP contribution in [0.3, 0.4) is 0 Å². The SMILES string of the molecule is CCCCC1C(=O)NC(=O)NC1=O.[Ca]. The molecule has 6 heteroatoms. The zero-order valence-electron chi connectivity index (χ0n) is 8.13. The van der Waals surface area contributed by atoms with Crippen LogP contribution in [0.25, 0.3) is 0 Å². The first kappa shape index (κ1) is 13.9. The number of carbonyl (C=O) groups is 3. The van der Waals surface area contributed by atoms with Crippen LogP contribution in [0.15, 0.2) is 0 Å². The second kappa shape index (κ2) is 6.37. The van der Waals surface area contributed by atoms with Crippen LogP contribution < -0.4 is 10.6 Å². The maximum absolute atomic E-state index is 11.1. The van der Waals surface area contributed by atoms with Gasteiger partial charge < -0.3 is 0 Å². The van der Waals surface area contributed by atoms with Crippen LogP contribution in [0.4, 0.5) is 4.79 Å². The molecule has 0 saturated carbocycles. The number of carbonyl (C=O) groups excluding carboxylic acids is 3. The van der Waals surface area contributed by atoms with Gasteiger partial charge in [0.25, 0.3) is 0 Å². The summed E-state index contributed by atoms with van der Waals surface area (Å²) in [4.78, 5) is 32.9. The molecule has 1 aliphatic rings. The molecule has 0 aromatic heterocycles. The van der Waals surface area contributed by atoms with Gasteiger partial charge in [-0.3, -0.25) is 20.2 Å². The first-order valence-corrected chi connectivity index (χ1v) is 4.31. The molecule has 0 bridgehead atoms. The van der Waals surface area contributed by atoms with E-state index in [0.29, 0.717) is 6.42 Å². The van der Waals surface area contributed by atoms with Crippen molar-refractivity contribution in [2.45, 2.75) is 26.2 Å². The summed E-state index contributed by atoms with van der Waals surface area (Å²) in [6, 6.07) is -0.720. The van der Waals surface area contributed by atoms with E-state index >= 15 is 0 Å². The molecule has 0 aliphatic carbocycles. The maximum atomic E-state index is 11.1. The van der Waals surface area contributed by atoms with E-state index in [4.69, 9.17) is 0 Å². The Morgan fingerprint density at radius 2 is 1.64 bits per heavy atom. The van der Waals surface area contributed by atoms with Crippen LogP contribution >= 0.6 is 0 Å². The van der Waals surface area contributed by atoms with E-state index in [2.05, 4.69) is 10.6 Å². The topological polar surface area (TPSA) is 75.3 Å². The molecule has 0 spiro atoms. The monoisotopic (exact) mass is 224 g/mol. The van der Waals surface area contributed by atoms with E-state index in [1.165, 1.54) is 0 Å². The Bertz CT molecular complexity index is 235. The number of hydrogen-bond acceptors (Lipinski definition) is 3. The van der Waals surface area contributed by atoms with E-state index in [9.17, 15) is 14.4 Å². The van der Waals surface area contributed by atoms with Gasteiger partial charge in [-0.2, -0.15) is 0 Å². The number of urea groups is 1. The fourth-order valence-corrected chi connectivity index (χ4v) is 1.22. The van der Waals surface area contributed by atoms with E-state index in [1.807, 2.05) is 6.92 Å². The smallest absolute Gasteiger partial charge is 0.277 e. The Hall–Kier alpha value is -0.130. The zero-order chi connectivity index (χ0) is 9.84. The van der Waals surface area contributed by atoms with Crippen LogP contribution in [0.5, 0.6) is 0 Å². The molecule has 0 unspecified atom stereocenters. The molecule has 74 valence electrons. The van der Waals surface area contributed by atoms with E-state index in [1.54, 1.807) is 0 Å². The predicted molar refractivity (Wildman–Crippen MR) is 50.5 cm³/mol. The Morgan fingerprint density at radius 3 is 2.07 bits per heavy atom. The first-order valence-electron chi connectivity index (χ1n) is 4.31. The Kier molecular flexibility index (Phi) is 6.31. The van der Waals surface area contributed by atoms with Crippen LogP contribution in [-0.4, -0.2) is 55.6 Å². The molecule has 1 saturated heterocycles. The Labute approximate surface area is 112 Å². The number of barbiturate groups is 1. The van der Waals surface area contributed by atoms with Crippen LogP contribution in [0, 0.1) is 5.92 Å². The minimum absolute atomic E-state index is 0. The number of imide groups is 2. The van der Waals surface area contributed by atoms with Crippen LogP contribution in [0.2, 0.25) is 0 Å². The Balaban J connectivity index is 0.00000169. The van der Waals surface area contributed by atoms with Crippen LogP contribution in [-0.2, 0) is 9.59 Å². The van der Waals surface area contributed by atoms with Crippen molar-refractivity contribution < 1.29 is 14.4 Å². The van der Waals surface area contributed by atoms with Gasteiger partial charge in [0.05, 0.1) is 0 Å². The number of amides is 4. The van der Waals surface area contributed by atoms with Gasteiger partial charge in [-0.25, -0.2) is 4.79 Å². The predicted octanol–water partition coefficient (Wildman–Crippen LogP) is -0.222. The third kappa shape index (κ3) is 3.55. The molecule has 4 amide bonds. The fraction of sp³-hybridized carbons (Fsp3) is 0.625. The molecule has 0 aromatic rings. The van der Waals surface area contributed by atoms with Crippen molar-refractivity contribution in [1.29, 1.82) is 0 Å². The quantitative estimate of drug-likeness (QED) is 0.514. The van der Waals surface area contributed by atoms with Gasteiger partial charge in [0.1, 0.15) is 5.92 Å². The van der Waals surface area contributed by atoms with Gasteiger partial charge >= 0.3 is 6.03 Å².